The van der Waals surface area contributed by atoms with Gasteiger partial charge in [-0.15, -0.1) is 0 Å². The van der Waals surface area contributed by atoms with Gasteiger partial charge in [-0.2, -0.15) is 0 Å². The van der Waals surface area contributed by atoms with Gasteiger partial charge >= 0.3 is 0 Å². The van der Waals surface area contributed by atoms with Gasteiger partial charge in [0.15, 0.2) is 0 Å². The molecular formula is C21H32N2O4. The molecule has 2 N–H and O–H groups in total. The number of morpholine rings is 1. The Morgan fingerprint density at radius 2 is 1.78 bits per heavy atom. The number of rotatable bonds is 6. The Morgan fingerprint density at radius 1 is 1.04 bits per heavy atom. The van der Waals surface area contributed by atoms with Crippen molar-refractivity contribution in [2.45, 2.75) is 38.0 Å². The second-order valence-corrected chi connectivity index (χ2v) is 8.23. The van der Waals surface area contributed by atoms with Crippen molar-refractivity contribution >= 4 is 0 Å². The van der Waals surface area contributed by atoms with E-state index in [-0.39, 0.29) is 17.6 Å². The summed E-state index contributed by atoms with van der Waals surface area (Å²) in [6, 6.07) is 8.36. The first-order valence-corrected chi connectivity index (χ1v) is 10.3. The maximum atomic E-state index is 10.1. The molecule has 2 atom stereocenters. The van der Waals surface area contributed by atoms with Crippen LogP contribution in [0.25, 0.3) is 0 Å². The number of nitrogens with zero attached hydrogens (tertiary/aromatic N) is 2. The summed E-state index contributed by atoms with van der Waals surface area (Å²) >= 11 is 0. The van der Waals surface area contributed by atoms with Crippen LogP contribution in [-0.4, -0.2) is 84.8 Å². The monoisotopic (exact) mass is 376 g/mol. The van der Waals surface area contributed by atoms with Crippen LogP contribution in [0.1, 0.15) is 24.8 Å². The van der Waals surface area contributed by atoms with Gasteiger partial charge < -0.3 is 19.7 Å². The van der Waals surface area contributed by atoms with E-state index in [2.05, 4.69) is 28.0 Å². The van der Waals surface area contributed by atoms with Crippen LogP contribution in [0.5, 0.6) is 5.75 Å². The summed E-state index contributed by atoms with van der Waals surface area (Å²) in [5, 5.41) is 20.2. The summed E-state index contributed by atoms with van der Waals surface area (Å²) in [6.45, 7) is 8.00. The Balaban J connectivity index is 1.23. The highest BCUT2D eigenvalue weighted by molar-refractivity contribution is 5.28. The lowest BCUT2D eigenvalue weighted by Crippen LogP contribution is -2.61. The third-order valence-corrected chi connectivity index (χ3v) is 6.65. The molecule has 27 heavy (non-hydrogen) atoms. The molecule has 6 heteroatoms. The van der Waals surface area contributed by atoms with Gasteiger partial charge in [0.1, 0.15) is 12.4 Å². The Morgan fingerprint density at radius 3 is 2.48 bits per heavy atom. The number of aliphatic hydroxyl groups excluding tert-OH is 2. The molecule has 0 aromatic heterocycles. The van der Waals surface area contributed by atoms with Crippen molar-refractivity contribution < 1.29 is 19.7 Å². The zero-order valence-electron chi connectivity index (χ0n) is 16.1. The van der Waals surface area contributed by atoms with Crippen LogP contribution in [0, 0.1) is 5.41 Å². The fourth-order valence-corrected chi connectivity index (χ4v) is 4.65. The summed E-state index contributed by atoms with van der Waals surface area (Å²) in [5.74, 6) is 0.930. The zero-order chi connectivity index (χ0) is 18.7. The minimum Gasteiger partial charge on any atom is -0.492 e. The first-order valence-electron chi connectivity index (χ1n) is 10.3. The van der Waals surface area contributed by atoms with Gasteiger partial charge in [-0.25, -0.2) is 0 Å². The maximum Gasteiger partial charge on any atom is 0.119 e. The highest BCUT2D eigenvalue weighted by atomic mass is 16.5. The van der Waals surface area contributed by atoms with Crippen LogP contribution in [-0.2, 0) is 11.3 Å². The molecule has 3 fully saturated rings. The molecule has 3 aliphatic rings. The minimum absolute atomic E-state index is 0.235. The van der Waals surface area contributed by atoms with Crippen molar-refractivity contribution in [1.82, 2.24) is 9.80 Å². The Labute approximate surface area is 161 Å². The van der Waals surface area contributed by atoms with E-state index in [9.17, 15) is 10.2 Å². The van der Waals surface area contributed by atoms with Crippen LogP contribution in [0.15, 0.2) is 24.3 Å². The van der Waals surface area contributed by atoms with Crippen molar-refractivity contribution in [2.24, 2.45) is 5.41 Å². The van der Waals surface area contributed by atoms with Crippen LogP contribution in [0.2, 0.25) is 0 Å². The number of hydrogen-bond donors (Lipinski definition) is 2. The SMILES string of the molecule is O[C@@H]1C[C@H](O)C12CCN(Cc1cccc(OCCN3CCOCC3)c1)CC2. The van der Waals surface area contributed by atoms with E-state index in [1.165, 1.54) is 5.56 Å². The zero-order valence-corrected chi connectivity index (χ0v) is 16.1. The van der Waals surface area contributed by atoms with E-state index in [0.717, 1.165) is 71.1 Å². The van der Waals surface area contributed by atoms with E-state index in [0.29, 0.717) is 13.0 Å². The first kappa shape index (κ1) is 19.2. The van der Waals surface area contributed by atoms with Gasteiger partial charge in [0.2, 0.25) is 0 Å². The molecule has 1 saturated carbocycles. The largest absolute Gasteiger partial charge is 0.492 e. The molecule has 6 nitrogen and oxygen atoms in total. The number of benzene rings is 1. The summed E-state index contributed by atoms with van der Waals surface area (Å²) in [6.07, 6.45) is 1.66. The van der Waals surface area contributed by atoms with Crippen LogP contribution in [0.3, 0.4) is 0 Å². The Bertz CT molecular complexity index is 602. The number of likely N-dealkylation sites (tertiary alicyclic amines) is 1. The molecule has 1 aromatic rings. The lowest BCUT2D eigenvalue weighted by atomic mass is 9.58. The lowest BCUT2D eigenvalue weighted by Gasteiger charge is -2.55. The fourth-order valence-electron chi connectivity index (χ4n) is 4.65. The van der Waals surface area contributed by atoms with Crippen molar-refractivity contribution in [3.05, 3.63) is 29.8 Å². The van der Waals surface area contributed by atoms with E-state index in [4.69, 9.17) is 9.47 Å². The van der Waals surface area contributed by atoms with Gasteiger partial charge in [-0.1, -0.05) is 12.1 Å². The molecule has 1 aromatic carbocycles. The number of ether oxygens (including phenoxy) is 2. The van der Waals surface area contributed by atoms with Crippen LogP contribution < -0.4 is 4.74 Å². The van der Waals surface area contributed by atoms with Crippen LogP contribution >= 0.6 is 0 Å². The van der Waals surface area contributed by atoms with Crippen LogP contribution in [0.4, 0.5) is 0 Å². The molecule has 0 bridgehead atoms. The van der Waals surface area contributed by atoms with Crippen molar-refractivity contribution in [3.63, 3.8) is 0 Å². The molecule has 0 unspecified atom stereocenters. The second kappa shape index (κ2) is 8.45. The van der Waals surface area contributed by atoms with Gasteiger partial charge in [-0.3, -0.25) is 9.80 Å². The van der Waals surface area contributed by atoms with Gasteiger partial charge in [-0.05, 0) is 43.6 Å². The van der Waals surface area contributed by atoms with Crippen molar-refractivity contribution in [3.8, 4) is 5.75 Å². The second-order valence-electron chi connectivity index (χ2n) is 8.23. The summed E-state index contributed by atoms with van der Waals surface area (Å²) in [7, 11) is 0. The standard InChI is InChI=1S/C21H32N2O4/c24-19-15-20(25)21(19)4-6-23(7-5-21)16-17-2-1-3-18(14-17)27-13-10-22-8-11-26-12-9-22/h1-3,14,19-20,24-25H,4-13,15-16H2/t19-,20+. The molecule has 1 spiro atoms. The normalized spacial score (nSPS) is 28.8. The Hall–Kier alpha value is -1.18. The fraction of sp³-hybridized carbons (Fsp3) is 0.714. The number of hydrogen-bond acceptors (Lipinski definition) is 6. The third-order valence-electron chi connectivity index (χ3n) is 6.65. The molecular weight excluding hydrogens is 344 g/mol. The lowest BCUT2D eigenvalue weighted by molar-refractivity contribution is -0.190. The molecule has 1 aliphatic carbocycles. The molecule has 4 rings (SSSR count). The number of piperidine rings is 1. The van der Waals surface area contributed by atoms with E-state index in [1.807, 2.05) is 6.07 Å². The predicted octanol–water partition coefficient (Wildman–Crippen LogP) is 1.11. The third kappa shape index (κ3) is 4.30. The van der Waals surface area contributed by atoms with Gasteiger partial charge in [0.05, 0.1) is 25.4 Å². The molecule has 0 radical (unpaired) electrons. The Kier molecular flexibility index (Phi) is 5.99. The summed E-state index contributed by atoms with van der Waals surface area (Å²) in [4.78, 5) is 4.79. The van der Waals surface area contributed by atoms with E-state index in [1.54, 1.807) is 0 Å². The van der Waals surface area contributed by atoms with E-state index < -0.39 is 0 Å². The van der Waals surface area contributed by atoms with Crippen molar-refractivity contribution in [2.75, 3.05) is 52.5 Å². The molecule has 2 heterocycles. The smallest absolute Gasteiger partial charge is 0.119 e. The average Bonchev–Trinajstić information content (AvgIpc) is 2.70. The average molecular weight is 376 g/mol. The maximum absolute atomic E-state index is 10.1. The molecule has 0 amide bonds. The summed E-state index contributed by atoms with van der Waals surface area (Å²) < 4.78 is 11.3. The quantitative estimate of drug-likeness (QED) is 0.775. The minimum atomic E-state index is -0.321. The molecule has 150 valence electrons. The van der Waals surface area contributed by atoms with E-state index >= 15 is 0 Å². The first-order chi connectivity index (χ1) is 13.2. The highest BCUT2D eigenvalue weighted by Crippen LogP contribution is 2.49. The van der Waals surface area contributed by atoms with Gasteiger partial charge in [0.25, 0.3) is 0 Å². The summed E-state index contributed by atoms with van der Waals surface area (Å²) in [5.41, 5.74) is 1.02. The molecule has 2 saturated heterocycles. The highest BCUT2D eigenvalue weighted by Gasteiger charge is 2.54. The van der Waals surface area contributed by atoms with Crippen molar-refractivity contribution in [1.29, 1.82) is 0 Å². The van der Waals surface area contributed by atoms with Gasteiger partial charge in [0, 0.05) is 38.0 Å². The predicted molar refractivity (Wildman–Crippen MR) is 103 cm³/mol. The topological polar surface area (TPSA) is 65.4 Å². The number of aliphatic hydroxyl groups is 2. The molecule has 2 aliphatic heterocycles.